The Balaban J connectivity index is 1.67. The van der Waals surface area contributed by atoms with Gasteiger partial charge in [0.15, 0.2) is 0 Å². The van der Waals surface area contributed by atoms with Crippen LogP contribution in [0.2, 0.25) is 0 Å². The highest BCUT2D eigenvalue weighted by atomic mass is 32.1. The molecule has 1 N–H and O–H groups in total. The van der Waals surface area contributed by atoms with E-state index in [0.29, 0.717) is 11.9 Å². The molecular weight excluding hydrogens is 354 g/mol. The summed E-state index contributed by atoms with van der Waals surface area (Å²) in [6.07, 6.45) is 0. The van der Waals surface area contributed by atoms with Gasteiger partial charge in [0, 0.05) is 15.0 Å². The number of thiophene rings is 2. The molecule has 0 spiro atoms. The van der Waals surface area contributed by atoms with E-state index in [2.05, 4.69) is 10.4 Å². The molecule has 0 fully saturated rings. The molecule has 0 aliphatic heterocycles. The molecular formula is C18H15N3O2S2. The molecule has 0 unspecified atom stereocenters. The Labute approximate surface area is 151 Å². The molecule has 126 valence electrons. The lowest BCUT2D eigenvalue weighted by atomic mass is 10.2. The van der Waals surface area contributed by atoms with Gasteiger partial charge in [-0.1, -0.05) is 24.3 Å². The van der Waals surface area contributed by atoms with E-state index in [4.69, 9.17) is 0 Å². The van der Waals surface area contributed by atoms with Crippen molar-refractivity contribution in [1.82, 2.24) is 15.1 Å². The predicted octanol–water partition coefficient (Wildman–Crippen LogP) is 3.30. The van der Waals surface area contributed by atoms with Gasteiger partial charge in [0.25, 0.3) is 5.56 Å². The fourth-order valence-corrected chi connectivity index (χ4v) is 4.59. The fraction of sp³-hybridized carbons (Fsp3) is 0.167. The molecule has 4 rings (SSSR count). The molecule has 5 nitrogen and oxygen atoms in total. The van der Waals surface area contributed by atoms with Crippen LogP contribution in [-0.2, 0) is 17.9 Å². The van der Waals surface area contributed by atoms with E-state index in [1.807, 2.05) is 48.7 Å². The summed E-state index contributed by atoms with van der Waals surface area (Å²) in [5.41, 5.74) is 0.547. The minimum atomic E-state index is -0.221. The number of carbonyl (C=O) groups excluding carboxylic acids is 1. The monoisotopic (exact) mass is 369 g/mol. The van der Waals surface area contributed by atoms with Gasteiger partial charge in [0.2, 0.25) is 5.91 Å². The molecule has 0 atom stereocenters. The molecule has 3 heterocycles. The average Bonchev–Trinajstić information content (AvgIpc) is 3.25. The summed E-state index contributed by atoms with van der Waals surface area (Å²) in [6.45, 7) is 2.26. The van der Waals surface area contributed by atoms with Crippen LogP contribution in [0.4, 0.5) is 0 Å². The fourth-order valence-electron chi connectivity index (χ4n) is 2.81. The summed E-state index contributed by atoms with van der Waals surface area (Å²) < 4.78 is 3.21. The maximum atomic E-state index is 12.9. The number of hydrogen-bond donors (Lipinski definition) is 1. The molecule has 1 amide bonds. The highest BCUT2D eigenvalue weighted by Gasteiger charge is 2.15. The average molecular weight is 369 g/mol. The van der Waals surface area contributed by atoms with Crippen LogP contribution < -0.4 is 10.9 Å². The number of aryl methyl sites for hydroxylation is 1. The molecule has 1 aromatic carbocycles. The zero-order chi connectivity index (χ0) is 17.4. The SMILES string of the molecule is Cc1nn(CC(=O)NCc2cccs2)c(=O)c2c1sc1ccccc12. The normalized spacial score (nSPS) is 11.2. The lowest BCUT2D eigenvalue weighted by molar-refractivity contribution is -0.122. The highest BCUT2D eigenvalue weighted by Crippen LogP contribution is 2.32. The van der Waals surface area contributed by atoms with Crippen LogP contribution in [0.5, 0.6) is 0 Å². The zero-order valence-corrected chi connectivity index (χ0v) is 15.1. The van der Waals surface area contributed by atoms with Crippen molar-refractivity contribution in [3.8, 4) is 0 Å². The Morgan fingerprint density at radius 1 is 1.24 bits per heavy atom. The first-order valence-corrected chi connectivity index (χ1v) is 9.51. The van der Waals surface area contributed by atoms with Crippen LogP contribution in [0, 0.1) is 6.92 Å². The third-order valence-corrected chi connectivity index (χ3v) is 6.13. The third kappa shape index (κ3) is 2.96. The van der Waals surface area contributed by atoms with Crippen LogP contribution in [0.25, 0.3) is 20.2 Å². The van der Waals surface area contributed by atoms with Gasteiger partial charge in [-0.15, -0.1) is 22.7 Å². The Morgan fingerprint density at radius 3 is 2.88 bits per heavy atom. The first-order chi connectivity index (χ1) is 12.1. The molecule has 0 aliphatic carbocycles. The summed E-state index contributed by atoms with van der Waals surface area (Å²) in [7, 11) is 0. The van der Waals surface area contributed by atoms with Gasteiger partial charge in [0.1, 0.15) is 6.54 Å². The standard InChI is InChI=1S/C18H15N3O2S2/c1-11-17-16(13-6-2-3-7-14(13)25-17)18(23)21(20-11)10-15(22)19-9-12-5-4-8-24-12/h2-8H,9-10H2,1H3,(H,19,22). The Kier molecular flexibility index (Phi) is 4.10. The van der Waals surface area contributed by atoms with E-state index in [9.17, 15) is 9.59 Å². The van der Waals surface area contributed by atoms with Gasteiger partial charge in [-0.25, -0.2) is 4.68 Å². The summed E-state index contributed by atoms with van der Waals surface area (Å²) in [4.78, 5) is 26.1. The summed E-state index contributed by atoms with van der Waals surface area (Å²) in [6, 6.07) is 11.7. The largest absolute Gasteiger partial charge is 0.350 e. The van der Waals surface area contributed by atoms with E-state index < -0.39 is 0 Å². The van der Waals surface area contributed by atoms with Crippen molar-refractivity contribution < 1.29 is 4.79 Å². The van der Waals surface area contributed by atoms with Crippen LogP contribution in [0.15, 0.2) is 46.6 Å². The number of benzene rings is 1. The molecule has 7 heteroatoms. The maximum absolute atomic E-state index is 12.9. The van der Waals surface area contributed by atoms with Crippen LogP contribution >= 0.6 is 22.7 Å². The van der Waals surface area contributed by atoms with Crippen molar-refractivity contribution >= 4 is 48.8 Å². The second-order valence-electron chi connectivity index (χ2n) is 5.71. The number of nitrogens with zero attached hydrogens (tertiary/aromatic N) is 2. The maximum Gasteiger partial charge on any atom is 0.276 e. The smallest absolute Gasteiger partial charge is 0.276 e. The number of fused-ring (bicyclic) bond motifs is 3. The molecule has 0 saturated heterocycles. The molecule has 3 aromatic heterocycles. The van der Waals surface area contributed by atoms with E-state index in [0.717, 1.165) is 25.4 Å². The number of aromatic nitrogens is 2. The second-order valence-corrected chi connectivity index (χ2v) is 7.79. The Hall–Kier alpha value is -2.51. The van der Waals surface area contributed by atoms with Crippen LogP contribution in [0.3, 0.4) is 0 Å². The number of hydrogen-bond acceptors (Lipinski definition) is 5. The predicted molar refractivity (Wildman–Crippen MR) is 102 cm³/mol. The van der Waals surface area contributed by atoms with Crippen molar-refractivity contribution in [2.45, 2.75) is 20.0 Å². The van der Waals surface area contributed by atoms with Crippen molar-refractivity contribution in [2.75, 3.05) is 0 Å². The van der Waals surface area contributed by atoms with E-state index >= 15 is 0 Å². The minimum absolute atomic E-state index is 0.0782. The molecule has 0 saturated carbocycles. The van der Waals surface area contributed by atoms with E-state index in [1.54, 1.807) is 22.7 Å². The Bertz CT molecular complexity index is 1130. The van der Waals surface area contributed by atoms with Crippen molar-refractivity contribution in [3.05, 3.63) is 62.7 Å². The molecule has 0 bridgehead atoms. The van der Waals surface area contributed by atoms with E-state index in [-0.39, 0.29) is 18.0 Å². The van der Waals surface area contributed by atoms with Crippen molar-refractivity contribution in [1.29, 1.82) is 0 Å². The molecule has 4 aromatic rings. The van der Waals surface area contributed by atoms with Gasteiger partial charge in [-0.3, -0.25) is 9.59 Å². The third-order valence-electron chi connectivity index (χ3n) is 3.98. The van der Waals surface area contributed by atoms with E-state index in [1.165, 1.54) is 4.68 Å². The first-order valence-electron chi connectivity index (χ1n) is 7.81. The Morgan fingerprint density at radius 2 is 2.08 bits per heavy atom. The zero-order valence-electron chi connectivity index (χ0n) is 13.5. The van der Waals surface area contributed by atoms with Crippen LogP contribution in [0.1, 0.15) is 10.6 Å². The van der Waals surface area contributed by atoms with Gasteiger partial charge in [0.05, 0.1) is 22.3 Å². The number of amides is 1. The number of nitrogens with one attached hydrogen (secondary N) is 1. The lowest BCUT2D eigenvalue weighted by Gasteiger charge is -2.07. The lowest BCUT2D eigenvalue weighted by Crippen LogP contribution is -2.33. The minimum Gasteiger partial charge on any atom is -0.350 e. The number of carbonyl (C=O) groups is 1. The topological polar surface area (TPSA) is 64.0 Å². The summed E-state index contributed by atoms with van der Waals surface area (Å²) >= 11 is 3.15. The van der Waals surface area contributed by atoms with Gasteiger partial charge in [-0.05, 0) is 24.4 Å². The second kappa shape index (κ2) is 6.42. The van der Waals surface area contributed by atoms with Gasteiger partial charge >= 0.3 is 0 Å². The molecule has 0 radical (unpaired) electrons. The highest BCUT2D eigenvalue weighted by molar-refractivity contribution is 7.26. The number of rotatable bonds is 4. The van der Waals surface area contributed by atoms with Crippen LogP contribution in [-0.4, -0.2) is 15.7 Å². The molecule has 0 aliphatic rings. The quantitative estimate of drug-likeness (QED) is 0.600. The van der Waals surface area contributed by atoms with Gasteiger partial charge < -0.3 is 5.32 Å². The van der Waals surface area contributed by atoms with Crippen molar-refractivity contribution in [3.63, 3.8) is 0 Å². The van der Waals surface area contributed by atoms with Crippen molar-refractivity contribution in [2.24, 2.45) is 0 Å². The summed E-state index contributed by atoms with van der Waals surface area (Å²) in [5.74, 6) is -0.221. The van der Waals surface area contributed by atoms with Gasteiger partial charge in [-0.2, -0.15) is 5.10 Å². The first kappa shape index (κ1) is 16.0. The molecule has 25 heavy (non-hydrogen) atoms. The summed E-state index contributed by atoms with van der Waals surface area (Å²) in [5, 5.41) is 10.7.